The van der Waals surface area contributed by atoms with Crippen LogP contribution in [-0.4, -0.2) is 82.2 Å². The number of amides is 3. The molecule has 2 heterocycles. The van der Waals surface area contributed by atoms with Crippen LogP contribution in [0.4, 0.5) is 0 Å². The summed E-state index contributed by atoms with van der Waals surface area (Å²) in [7, 11) is 1.91. The third kappa shape index (κ3) is 11.5. The van der Waals surface area contributed by atoms with Crippen molar-refractivity contribution in [1.29, 1.82) is 0 Å². The summed E-state index contributed by atoms with van der Waals surface area (Å²) in [6, 6.07) is 7.56. The maximum absolute atomic E-state index is 13.5. The molecular formula is C33H48ClN5O6S. The molecule has 1 aromatic heterocycles. The van der Waals surface area contributed by atoms with Gasteiger partial charge in [0.25, 0.3) is 5.91 Å². The van der Waals surface area contributed by atoms with Crippen LogP contribution in [-0.2, 0) is 20.8 Å². The second kappa shape index (κ2) is 18.7. The van der Waals surface area contributed by atoms with Gasteiger partial charge in [-0.05, 0) is 56.7 Å². The minimum Gasteiger partial charge on any atom is -0.481 e. The highest BCUT2D eigenvalue weighted by molar-refractivity contribution is 7.11. The van der Waals surface area contributed by atoms with Crippen LogP contribution in [0, 0.1) is 11.8 Å². The molecule has 3 rings (SSSR count). The number of likely N-dealkylation sites (tertiary alicyclic amines) is 1. The molecule has 4 N–H and O–H groups in total. The van der Waals surface area contributed by atoms with E-state index >= 15 is 0 Å². The van der Waals surface area contributed by atoms with E-state index in [1.165, 1.54) is 5.38 Å². The molecule has 0 aliphatic carbocycles. The number of aromatic nitrogens is 1. The first kappa shape index (κ1) is 38.8. The molecule has 0 unspecified atom stereocenters. The van der Waals surface area contributed by atoms with Crippen molar-refractivity contribution in [2.24, 2.45) is 11.8 Å². The first-order chi connectivity index (χ1) is 21.4. The van der Waals surface area contributed by atoms with Gasteiger partial charge in [0.15, 0.2) is 10.8 Å². The molecule has 13 heteroatoms. The number of ketones is 1. The first-order valence-electron chi connectivity index (χ1n) is 15.8. The number of carbonyl (C=O) groups is 5. The Hall–Kier alpha value is -3.35. The number of rotatable bonds is 17. The average molecular weight is 678 g/mol. The third-order valence-corrected chi connectivity index (χ3v) is 9.38. The summed E-state index contributed by atoms with van der Waals surface area (Å²) in [6.45, 7) is 8.55. The summed E-state index contributed by atoms with van der Waals surface area (Å²) in [5, 5.41) is 19.7. The first-order valence-corrected chi connectivity index (χ1v) is 16.6. The maximum Gasteiger partial charge on any atom is 0.303 e. The molecule has 2 aromatic rings. The molecule has 0 spiro atoms. The van der Waals surface area contributed by atoms with Crippen molar-refractivity contribution in [3.05, 3.63) is 52.0 Å². The number of hydrogen-bond donors (Lipinski definition) is 4. The SMILES string of the molecule is CC[C@H](C)[C@H](NC(=O)[C@H]1CCCN1C)C(=O)N[C@H](CC(=O)c1nc(C(=O)N[C@H](CCC(=O)O)Cc2ccccc2)cs1)C(C)C.Cl. The Bertz CT molecular complexity index is 1320. The molecule has 254 valence electrons. The zero-order valence-corrected chi connectivity index (χ0v) is 28.9. The summed E-state index contributed by atoms with van der Waals surface area (Å²) in [4.78, 5) is 70.3. The Kier molecular flexibility index (Phi) is 15.8. The normalized spacial score (nSPS) is 17.3. The summed E-state index contributed by atoms with van der Waals surface area (Å²) in [5.74, 6) is -2.40. The van der Waals surface area contributed by atoms with Gasteiger partial charge in [-0.15, -0.1) is 23.7 Å². The number of likely N-dealkylation sites (N-methyl/N-ethyl adjacent to an activating group) is 1. The Labute approximate surface area is 281 Å². The maximum atomic E-state index is 13.5. The number of aliphatic carboxylic acids is 1. The van der Waals surface area contributed by atoms with Gasteiger partial charge in [-0.1, -0.05) is 64.4 Å². The number of carbonyl (C=O) groups excluding carboxylic acids is 4. The standard InChI is InChI=1S/C33H47N5O6S.ClH/c1-6-21(4)29(37-31(43)26-13-10-16-38(26)5)32(44)35-24(20(2)3)18-27(39)33-36-25(19-45-33)30(42)34-23(14-15-28(40)41)17-22-11-8-7-9-12-22;/h7-9,11-12,19-21,23-24,26,29H,6,10,13-18H2,1-5H3,(H,34,42)(H,35,44)(H,37,43)(H,40,41);1H/t21-,23+,24+,26+,29-;/m0./s1. The second-order valence-corrected chi connectivity index (χ2v) is 13.2. The number of nitrogens with one attached hydrogen (secondary N) is 3. The van der Waals surface area contributed by atoms with Gasteiger partial charge in [-0.25, -0.2) is 4.98 Å². The predicted octanol–water partition coefficient (Wildman–Crippen LogP) is 4.11. The number of thiazole rings is 1. The molecule has 1 aliphatic heterocycles. The largest absolute Gasteiger partial charge is 0.481 e. The lowest BCUT2D eigenvalue weighted by atomic mass is 9.94. The molecule has 11 nitrogen and oxygen atoms in total. The quantitative estimate of drug-likeness (QED) is 0.182. The third-order valence-electron chi connectivity index (χ3n) is 8.50. The van der Waals surface area contributed by atoms with Crippen LogP contribution < -0.4 is 16.0 Å². The molecule has 1 fully saturated rings. The van der Waals surface area contributed by atoms with E-state index in [1.807, 2.05) is 70.0 Å². The van der Waals surface area contributed by atoms with Gasteiger partial charge in [0.1, 0.15) is 11.7 Å². The molecular weight excluding hydrogens is 630 g/mol. The summed E-state index contributed by atoms with van der Waals surface area (Å²) in [5.41, 5.74) is 1.04. The van der Waals surface area contributed by atoms with E-state index in [2.05, 4.69) is 20.9 Å². The molecule has 0 radical (unpaired) electrons. The molecule has 0 saturated carbocycles. The summed E-state index contributed by atoms with van der Waals surface area (Å²) in [6.07, 6.45) is 2.98. The highest BCUT2D eigenvalue weighted by Crippen LogP contribution is 2.19. The Balaban J connectivity index is 0.00000736. The van der Waals surface area contributed by atoms with Gasteiger partial charge in [-0.2, -0.15) is 0 Å². The lowest BCUT2D eigenvalue weighted by Crippen LogP contribution is -2.56. The Morgan fingerprint density at radius 3 is 2.35 bits per heavy atom. The Morgan fingerprint density at radius 1 is 1.07 bits per heavy atom. The monoisotopic (exact) mass is 677 g/mol. The smallest absolute Gasteiger partial charge is 0.303 e. The van der Waals surface area contributed by atoms with E-state index in [9.17, 15) is 24.0 Å². The lowest BCUT2D eigenvalue weighted by Gasteiger charge is -2.29. The van der Waals surface area contributed by atoms with Crippen LogP contribution in [0.5, 0.6) is 0 Å². The Morgan fingerprint density at radius 2 is 1.76 bits per heavy atom. The van der Waals surface area contributed by atoms with Crippen LogP contribution in [0.2, 0.25) is 0 Å². The summed E-state index contributed by atoms with van der Waals surface area (Å²) < 4.78 is 0. The van der Waals surface area contributed by atoms with Crippen molar-refractivity contribution in [3.8, 4) is 0 Å². The molecule has 46 heavy (non-hydrogen) atoms. The van der Waals surface area contributed by atoms with E-state index < -0.39 is 30.0 Å². The van der Waals surface area contributed by atoms with Gasteiger partial charge < -0.3 is 21.1 Å². The van der Waals surface area contributed by atoms with Gasteiger partial charge in [0.05, 0.1) is 6.04 Å². The molecule has 5 atom stereocenters. The number of halogens is 1. The lowest BCUT2D eigenvalue weighted by molar-refractivity contribution is -0.137. The van der Waals surface area contributed by atoms with E-state index in [-0.39, 0.29) is 77.8 Å². The van der Waals surface area contributed by atoms with E-state index in [0.29, 0.717) is 12.8 Å². The fraction of sp³-hybridized carbons (Fsp3) is 0.576. The summed E-state index contributed by atoms with van der Waals surface area (Å²) >= 11 is 1.06. The van der Waals surface area contributed by atoms with E-state index in [1.54, 1.807) is 0 Å². The van der Waals surface area contributed by atoms with Gasteiger partial charge in [0.2, 0.25) is 11.8 Å². The fourth-order valence-corrected chi connectivity index (χ4v) is 6.14. The van der Waals surface area contributed by atoms with Crippen molar-refractivity contribution >= 4 is 53.2 Å². The van der Waals surface area contributed by atoms with Crippen LogP contribution in [0.1, 0.15) is 92.1 Å². The molecule has 1 saturated heterocycles. The number of nitrogens with zero attached hydrogens (tertiary/aromatic N) is 2. The van der Waals surface area contributed by atoms with Crippen LogP contribution in [0.15, 0.2) is 35.7 Å². The molecule has 3 amide bonds. The van der Waals surface area contributed by atoms with E-state index in [0.717, 1.165) is 36.3 Å². The van der Waals surface area contributed by atoms with Crippen molar-refractivity contribution in [3.63, 3.8) is 0 Å². The second-order valence-electron chi connectivity index (χ2n) is 12.3. The number of carboxylic acids is 1. The number of Topliss-reactive ketones (excluding diaryl/α,β-unsaturated/α-hetero) is 1. The fourth-order valence-electron chi connectivity index (χ4n) is 5.39. The average Bonchev–Trinajstić information content (AvgIpc) is 3.68. The van der Waals surface area contributed by atoms with Crippen molar-refractivity contribution in [1.82, 2.24) is 25.8 Å². The van der Waals surface area contributed by atoms with Crippen molar-refractivity contribution < 1.29 is 29.1 Å². The zero-order chi connectivity index (χ0) is 33.1. The molecule has 1 aliphatic rings. The van der Waals surface area contributed by atoms with Crippen LogP contribution in [0.3, 0.4) is 0 Å². The number of carboxylic acid groups (broad SMARTS) is 1. The highest BCUT2D eigenvalue weighted by Gasteiger charge is 2.34. The highest BCUT2D eigenvalue weighted by atomic mass is 35.5. The molecule has 0 bridgehead atoms. The topological polar surface area (TPSA) is 158 Å². The minimum atomic E-state index is -0.949. The molecule has 1 aromatic carbocycles. The van der Waals surface area contributed by atoms with Crippen molar-refractivity contribution in [2.75, 3.05) is 13.6 Å². The van der Waals surface area contributed by atoms with Crippen molar-refractivity contribution in [2.45, 2.75) is 96.8 Å². The van der Waals surface area contributed by atoms with Crippen LogP contribution >= 0.6 is 23.7 Å². The minimum absolute atomic E-state index is 0. The zero-order valence-electron chi connectivity index (χ0n) is 27.3. The van der Waals surface area contributed by atoms with E-state index in [4.69, 9.17) is 5.11 Å². The number of hydrogen-bond acceptors (Lipinski definition) is 8. The number of benzene rings is 1. The van der Waals surface area contributed by atoms with Gasteiger partial charge in [0, 0.05) is 30.3 Å². The van der Waals surface area contributed by atoms with Crippen LogP contribution in [0.25, 0.3) is 0 Å². The van der Waals surface area contributed by atoms with Gasteiger partial charge >= 0.3 is 5.97 Å². The van der Waals surface area contributed by atoms with Gasteiger partial charge in [-0.3, -0.25) is 28.9 Å². The predicted molar refractivity (Wildman–Crippen MR) is 180 cm³/mol.